The molecule has 1 saturated carbocycles. The van der Waals surface area contributed by atoms with Crippen molar-refractivity contribution in [2.24, 2.45) is 0 Å². The maximum Gasteiger partial charge on any atom is 0.234 e. The molecule has 1 amide bonds. The third kappa shape index (κ3) is 5.76. The molecule has 4 nitrogen and oxygen atoms in total. The zero-order valence-corrected chi connectivity index (χ0v) is 13.0. The second-order valence-corrected chi connectivity index (χ2v) is 6.17. The Kier molecular flexibility index (Phi) is 6.05. The van der Waals surface area contributed by atoms with Crippen LogP contribution in [0, 0.1) is 0 Å². The van der Waals surface area contributed by atoms with Gasteiger partial charge in [0.05, 0.1) is 6.54 Å². The van der Waals surface area contributed by atoms with Crippen LogP contribution < -0.4 is 11.1 Å². The van der Waals surface area contributed by atoms with Crippen LogP contribution >= 0.6 is 0 Å². The fourth-order valence-corrected chi connectivity index (χ4v) is 2.93. The molecule has 0 unspecified atom stereocenters. The summed E-state index contributed by atoms with van der Waals surface area (Å²) in [4.78, 5) is 14.1. The topological polar surface area (TPSA) is 58.4 Å². The molecule has 0 spiro atoms. The van der Waals surface area contributed by atoms with Gasteiger partial charge in [-0.15, -0.1) is 0 Å². The van der Waals surface area contributed by atoms with E-state index in [0.29, 0.717) is 12.6 Å². The highest BCUT2D eigenvalue weighted by molar-refractivity contribution is 5.78. The number of amides is 1. The summed E-state index contributed by atoms with van der Waals surface area (Å²) in [6.07, 6.45) is 7.37. The molecule has 0 atom stereocenters. The van der Waals surface area contributed by atoms with Gasteiger partial charge in [-0.25, -0.2) is 0 Å². The van der Waals surface area contributed by atoms with Gasteiger partial charge in [-0.2, -0.15) is 0 Å². The van der Waals surface area contributed by atoms with Gasteiger partial charge in [0.1, 0.15) is 0 Å². The van der Waals surface area contributed by atoms with Crippen molar-refractivity contribution in [1.29, 1.82) is 0 Å². The standard InChI is InChI=1S/C17H27N3O/c1-20(12-14-8-10-15(18)11-9-14)13-17(21)19-16-6-4-2-3-5-7-16/h8-11,16H,2-7,12-13,18H2,1H3,(H,19,21). The fourth-order valence-electron chi connectivity index (χ4n) is 2.93. The molecule has 21 heavy (non-hydrogen) atoms. The van der Waals surface area contributed by atoms with E-state index in [2.05, 4.69) is 5.32 Å². The monoisotopic (exact) mass is 289 g/mol. The molecule has 1 aliphatic carbocycles. The normalized spacial score (nSPS) is 16.7. The quantitative estimate of drug-likeness (QED) is 0.647. The van der Waals surface area contributed by atoms with Crippen LogP contribution in [0.2, 0.25) is 0 Å². The Hall–Kier alpha value is -1.55. The highest BCUT2D eigenvalue weighted by atomic mass is 16.2. The van der Waals surface area contributed by atoms with E-state index >= 15 is 0 Å². The number of anilines is 1. The molecule has 0 heterocycles. The molecule has 0 radical (unpaired) electrons. The van der Waals surface area contributed by atoms with Crippen LogP contribution in [0.15, 0.2) is 24.3 Å². The number of hydrogen-bond acceptors (Lipinski definition) is 3. The molecule has 0 aliphatic heterocycles. The Bertz CT molecular complexity index is 436. The van der Waals surface area contributed by atoms with Crippen molar-refractivity contribution in [3.8, 4) is 0 Å². The minimum Gasteiger partial charge on any atom is -0.399 e. The number of benzene rings is 1. The van der Waals surface area contributed by atoms with Crippen LogP contribution in [0.1, 0.15) is 44.1 Å². The maximum atomic E-state index is 12.1. The van der Waals surface area contributed by atoms with Crippen LogP contribution in [-0.2, 0) is 11.3 Å². The molecular weight excluding hydrogens is 262 g/mol. The number of rotatable bonds is 5. The van der Waals surface area contributed by atoms with Crippen molar-refractivity contribution in [3.63, 3.8) is 0 Å². The number of likely N-dealkylation sites (N-methyl/N-ethyl adjacent to an activating group) is 1. The average Bonchev–Trinajstić information content (AvgIpc) is 2.69. The van der Waals surface area contributed by atoms with E-state index in [4.69, 9.17) is 5.73 Å². The molecule has 4 heteroatoms. The summed E-state index contributed by atoms with van der Waals surface area (Å²) < 4.78 is 0. The molecule has 3 N–H and O–H groups in total. The van der Waals surface area contributed by atoms with Crippen LogP contribution in [0.5, 0.6) is 0 Å². The second-order valence-electron chi connectivity index (χ2n) is 6.17. The van der Waals surface area contributed by atoms with E-state index < -0.39 is 0 Å². The summed E-state index contributed by atoms with van der Waals surface area (Å²) in [6, 6.07) is 8.19. The molecule has 0 bridgehead atoms. The predicted molar refractivity (Wildman–Crippen MR) is 86.8 cm³/mol. The first-order chi connectivity index (χ1) is 10.1. The van der Waals surface area contributed by atoms with Gasteiger partial charge in [0.2, 0.25) is 5.91 Å². The van der Waals surface area contributed by atoms with Gasteiger partial charge in [-0.05, 0) is 37.6 Å². The van der Waals surface area contributed by atoms with E-state index in [-0.39, 0.29) is 5.91 Å². The van der Waals surface area contributed by atoms with Gasteiger partial charge in [0.25, 0.3) is 0 Å². The molecule has 1 aromatic carbocycles. The van der Waals surface area contributed by atoms with Crippen LogP contribution in [-0.4, -0.2) is 30.4 Å². The number of nitrogen functional groups attached to an aromatic ring is 1. The van der Waals surface area contributed by atoms with Crippen LogP contribution in [0.3, 0.4) is 0 Å². The Balaban J connectivity index is 1.74. The van der Waals surface area contributed by atoms with Crippen molar-refractivity contribution in [2.75, 3.05) is 19.3 Å². The Morgan fingerprint density at radius 1 is 1.19 bits per heavy atom. The first-order valence-electron chi connectivity index (χ1n) is 7.96. The minimum atomic E-state index is 0.139. The molecule has 116 valence electrons. The summed E-state index contributed by atoms with van der Waals surface area (Å²) >= 11 is 0. The van der Waals surface area contributed by atoms with E-state index in [1.54, 1.807) is 0 Å². The molecule has 0 aromatic heterocycles. The summed E-state index contributed by atoms with van der Waals surface area (Å²) in [5.74, 6) is 0.139. The van der Waals surface area contributed by atoms with Gasteiger partial charge in [-0.1, -0.05) is 37.8 Å². The van der Waals surface area contributed by atoms with Crippen molar-refractivity contribution < 1.29 is 4.79 Å². The lowest BCUT2D eigenvalue weighted by molar-refractivity contribution is -0.122. The summed E-state index contributed by atoms with van der Waals surface area (Å²) in [5.41, 5.74) is 7.62. The SMILES string of the molecule is CN(CC(=O)NC1CCCCCC1)Cc1ccc(N)cc1. The second kappa shape index (κ2) is 8.03. The Morgan fingerprint density at radius 3 is 2.43 bits per heavy atom. The molecule has 0 saturated heterocycles. The van der Waals surface area contributed by atoms with E-state index in [1.807, 2.05) is 36.2 Å². The van der Waals surface area contributed by atoms with Crippen LogP contribution in [0.25, 0.3) is 0 Å². The van der Waals surface area contributed by atoms with Crippen molar-refractivity contribution in [2.45, 2.75) is 51.1 Å². The minimum absolute atomic E-state index is 0.139. The highest BCUT2D eigenvalue weighted by Gasteiger charge is 2.15. The van der Waals surface area contributed by atoms with E-state index in [9.17, 15) is 4.79 Å². The Labute approximate surface area is 127 Å². The van der Waals surface area contributed by atoms with E-state index in [1.165, 1.54) is 31.2 Å². The number of carbonyl (C=O) groups excluding carboxylic acids is 1. The van der Waals surface area contributed by atoms with Gasteiger partial charge in [0, 0.05) is 18.3 Å². The highest BCUT2D eigenvalue weighted by Crippen LogP contribution is 2.17. The summed E-state index contributed by atoms with van der Waals surface area (Å²) in [6.45, 7) is 1.21. The van der Waals surface area contributed by atoms with Crippen LogP contribution in [0.4, 0.5) is 5.69 Å². The lowest BCUT2D eigenvalue weighted by Crippen LogP contribution is -2.40. The van der Waals surface area contributed by atoms with Crippen molar-refractivity contribution in [1.82, 2.24) is 10.2 Å². The summed E-state index contributed by atoms with van der Waals surface area (Å²) in [5, 5.41) is 3.18. The van der Waals surface area contributed by atoms with Crippen molar-refractivity contribution >= 4 is 11.6 Å². The number of carbonyl (C=O) groups is 1. The first-order valence-corrected chi connectivity index (χ1v) is 7.96. The largest absolute Gasteiger partial charge is 0.399 e. The average molecular weight is 289 g/mol. The molecular formula is C17H27N3O. The smallest absolute Gasteiger partial charge is 0.234 e. The summed E-state index contributed by atoms with van der Waals surface area (Å²) in [7, 11) is 1.98. The van der Waals surface area contributed by atoms with Gasteiger partial charge in [0.15, 0.2) is 0 Å². The predicted octanol–water partition coefficient (Wildman–Crippen LogP) is 2.54. The zero-order valence-electron chi connectivity index (χ0n) is 13.0. The molecule has 1 aromatic rings. The lowest BCUT2D eigenvalue weighted by atomic mass is 10.1. The van der Waals surface area contributed by atoms with Crippen molar-refractivity contribution in [3.05, 3.63) is 29.8 Å². The number of nitrogens with zero attached hydrogens (tertiary/aromatic N) is 1. The number of nitrogens with two attached hydrogens (primary N) is 1. The Morgan fingerprint density at radius 2 is 1.81 bits per heavy atom. The zero-order chi connectivity index (χ0) is 15.1. The fraction of sp³-hybridized carbons (Fsp3) is 0.588. The molecule has 1 aliphatic rings. The first kappa shape index (κ1) is 15.8. The molecule has 1 fully saturated rings. The van der Waals surface area contributed by atoms with Gasteiger partial charge < -0.3 is 11.1 Å². The molecule has 2 rings (SSSR count). The van der Waals surface area contributed by atoms with Gasteiger partial charge >= 0.3 is 0 Å². The van der Waals surface area contributed by atoms with Gasteiger partial charge in [-0.3, -0.25) is 9.69 Å². The lowest BCUT2D eigenvalue weighted by Gasteiger charge is -2.20. The number of nitrogens with one attached hydrogen (secondary N) is 1. The van der Waals surface area contributed by atoms with E-state index in [0.717, 1.165) is 25.1 Å². The maximum absolute atomic E-state index is 12.1. The third-order valence-electron chi connectivity index (χ3n) is 4.07. The third-order valence-corrected chi connectivity index (χ3v) is 4.07. The number of hydrogen-bond donors (Lipinski definition) is 2.